The minimum Gasteiger partial charge on any atom is -0.379 e. The van der Waals surface area contributed by atoms with Crippen molar-refractivity contribution in [3.05, 3.63) is 65.0 Å². The molecule has 0 radical (unpaired) electrons. The SMILES string of the molecule is COC1COCCC1N[C@@H]1C[C@H]2CN(Cc3ccccc3)C[C@@]2(C(=O)N2CCc3ncc(C(F)(F)F)cc3C2)C1. The molecule has 1 aliphatic carbocycles. The standard InChI is InChI=1S/C30H37F3N4O3/c1-39-27-18-40-10-8-26(27)35-24-12-23-17-36(15-20-5-3-2-4-6-20)19-29(23,13-24)28(38)37-9-7-25-21(16-37)11-22(14-34-25)30(31,32)33/h2-6,11,14,23-24,26-27,35H,7-10,12-13,15-19H2,1H3/t23-,24+,26?,27?,29-/m0/s1. The molecular weight excluding hydrogens is 521 g/mol. The zero-order chi connectivity index (χ0) is 27.9. The molecule has 3 aliphatic heterocycles. The highest BCUT2D eigenvalue weighted by atomic mass is 19.4. The molecule has 0 bridgehead atoms. The van der Waals surface area contributed by atoms with E-state index in [1.807, 2.05) is 18.2 Å². The van der Waals surface area contributed by atoms with E-state index < -0.39 is 17.2 Å². The molecular formula is C30H37F3N4O3. The van der Waals surface area contributed by atoms with Crippen molar-refractivity contribution in [1.29, 1.82) is 0 Å². The van der Waals surface area contributed by atoms with Crippen LogP contribution in [0.1, 0.15) is 41.6 Å². The second-order valence-electron chi connectivity index (χ2n) is 11.9. The fraction of sp³-hybridized carbons (Fsp3) is 0.600. The lowest BCUT2D eigenvalue weighted by Crippen LogP contribution is -2.52. The molecule has 1 aromatic carbocycles. The molecule has 1 amide bonds. The summed E-state index contributed by atoms with van der Waals surface area (Å²) in [5.41, 5.74) is 1.02. The van der Waals surface area contributed by atoms with Gasteiger partial charge >= 0.3 is 6.18 Å². The molecule has 10 heteroatoms. The summed E-state index contributed by atoms with van der Waals surface area (Å²) < 4.78 is 51.5. The summed E-state index contributed by atoms with van der Waals surface area (Å²) in [4.78, 5) is 22.7. The van der Waals surface area contributed by atoms with E-state index in [9.17, 15) is 18.0 Å². The quantitative estimate of drug-likeness (QED) is 0.584. The van der Waals surface area contributed by atoms with E-state index >= 15 is 0 Å². The van der Waals surface area contributed by atoms with Crippen molar-refractivity contribution >= 4 is 5.91 Å². The maximum absolute atomic E-state index is 14.4. The minimum absolute atomic E-state index is 0.0238. The van der Waals surface area contributed by atoms with E-state index in [-0.39, 0.29) is 36.6 Å². The Hall–Kier alpha value is -2.53. The van der Waals surface area contributed by atoms with Gasteiger partial charge in [-0.15, -0.1) is 0 Å². The Morgan fingerprint density at radius 2 is 2.10 bits per heavy atom. The molecule has 3 fully saturated rings. The number of alkyl halides is 3. The van der Waals surface area contributed by atoms with Crippen molar-refractivity contribution in [1.82, 2.24) is 20.1 Å². The van der Waals surface area contributed by atoms with Crippen molar-refractivity contribution in [2.75, 3.05) is 40.0 Å². The van der Waals surface area contributed by atoms with Crippen LogP contribution in [0.4, 0.5) is 13.2 Å². The predicted octanol–water partition coefficient (Wildman–Crippen LogP) is 3.66. The van der Waals surface area contributed by atoms with Crippen molar-refractivity contribution in [2.45, 2.75) is 63.1 Å². The maximum atomic E-state index is 14.4. The van der Waals surface area contributed by atoms with Gasteiger partial charge in [-0.3, -0.25) is 14.7 Å². The highest BCUT2D eigenvalue weighted by molar-refractivity contribution is 5.84. The number of fused-ring (bicyclic) bond motifs is 2. The summed E-state index contributed by atoms with van der Waals surface area (Å²) in [5, 5.41) is 3.80. The predicted molar refractivity (Wildman–Crippen MR) is 142 cm³/mol. The molecule has 2 saturated heterocycles. The van der Waals surface area contributed by atoms with Gasteiger partial charge in [0.1, 0.15) is 0 Å². The van der Waals surface area contributed by atoms with Crippen LogP contribution < -0.4 is 5.32 Å². The van der Waals surface area contributed by atoms with Crippen LogP contribution >= 0.6 is 0 Å². The summed E-state index contributed by atoms with van der Waals surface area (Å²) in [6.07, 6.45) is -0.666. The zero-order valence-corrected chi connectivity index (χ0v) is 22.8. The summed E-state index contributed by atoms with van der Waals surface area (Å²) in [5.74, 6) is 0.235. The topological polar surface area (TPSA) is 66.9 Å². The Balaban J connectivity index is 1.23. The second kappa shape index (κ2) is 11.0. The highest BCUT2D eigenvalue weighted by Crippen LogP contribution is 2.51. The van der Waals surface area contributed by atoms with Gasteiger partial charge in [0.05, 0.1) is 23.7 Å². The number of rotatable bonds is 6. The Labute approximate surface area is 233 Å². The fourth-order valence-corrected chi connectivity index (χ4v) is 7.40. The number of hydrogen-bond acceptors (Lipinski definition) is 6. The Bertz CT molecular complexity index is 1210. The number of carbonyl (C=O) groups is 1. The Morgan fingerprint density at radius 3 is 2.88 bits per heavy atom. The lowest BCUT2D eigenvalue weighted by molar-refractivity contribution is -0.144. The number of methoxy groups -OCH3 is 1. The average Bonchev–Trinajstić information content (AvgIpc) is 3.46. The second-order valence-corrected chi connectivity index (χ2v) is 11.9. The normalized spacial score (nSPS) is 30.8. The number of likely N-dealkylation sites (tertiary alicyclic amines) is 1. The van der Waals surface area contributed by atoms with Crippen molar-refractivity contribution in [3.63, 3.8) is 0 Å². The van der Waals surface area contributed by atoms with E-state index in [0.717, 1.165) is 32.1 Å². The van der Waals surface area contributed by atoms with Crippen LogP contribution in [-0.4, -0.2) is 78.8 Å². The number of ether oxygens (including phenoxy) is 2. The van der Waals surface area contributed by atoms with Gasteiger partial charge in [0.15, 0.2) is 0 Å². The molecule has 216 valence electrons. The van der Waals surface area contributed by atoms with Crippen molar-refractivity contribution < 1.29 is 27.4 Å². The van der Waals surface area contributed by atoms with Crippen LogP contribution in [0.25, 0.3) is 0 Å². The van der Waals surface area contributed by atoms with Gasteiger partial charge in [0, 0.05) is 76.8 Å². The van der Waals surface area contributed by atoms with Crippen LogP contribution in [-0.2, 0) is 40.0 Å². The smallest absolute Gasteiger partial charge is 0.379 e. The molecule has 7 nitrogen and oxygen atoms in total. The Morgan fingerprint density at radius 1 is 1.27 bits per heavy atom. The van der Waals surface area contributed by atoms with E-state index in [4.69, 9.17) is 9.47 Å². The van der Waals surface area contributed by atoms with Gasteiger partial charge in [-0.05, 0) is 42.4 Å². The van der Waals surface area contributed by atoms with E-state index in [0.29, 0.717) is 50.4 Å². The molecule has 2 unspecified atom stereocenters. The third-order valence-electron chi connectivity index (χ3n) is 9.33. The lowest BCUT2D eigenvalue weighted by Gasteiger charge is -2.38. The van der Waals surface area contributed by atoms with E-state index in [2.05, 4.69) is 27.3 Å². The number of pyridine rings is 1. The van der Waals surface area contributed by atoms with E-state index in [1.165, 1.54) is 11.6 Å². The first-order chi connectivity index (χ1) is 19.2. The largest absolute Gasteiger partial charge is 0.417 e. The average molecular weight is 559 g/mol. The number of nitrogens with one attached hydrogen (secondary N) is 1. The molecule has 40 heavy (non-hydrogen) atoms. The molecule has 5 atom stereocenters. The molecule has 0 spiro atoms. The molecule has 1 aromatic heterocycles. The lowest BCUT2D eigenvalue weighted by atomic mass is 9.78. The number of carbonyl (C=O) groups excluding carboxylic acids is 1. The summed E-state index contributed by atoms with van der Waals surface area (Å²) >= 11 is 0. The van der Waals surface area contributed by atoms with Gasteiger partial charge in [0.2, 0.25) is 5.91 Å². The summed E-state index contributed by atoms with van der Waals surface area (Å²) in [6.45, 7) is 4.13. The van der Waals surface area contributed by atoms with Crippen LogP contribution in [0.5, 0.6) is 0 Å². The van der Waals surface area contributed by atoms with Crippen LogP contribution in [0.15, 0.2) is 42.6 Å². The summed E-state index contributed by atoms with van der Waals surface area (Å²) in [6, 6.07) is 11.8. The van der Waals surface area contributed by atoms with E-state index in [1.54, 1.807) is 12.0 Å². The van der Waals surface area contributed by atoms with Gasteiger partial charge in [0.25, 0.3) is 0 Å². The van der Waals surface area contributed by atoms with Gasteiger partial charge < -0.3 is 19.7 Å². The number of hydrogen-bond donors (Lipinski definition) is 1. The Kier molecular flexibility index (Phi) is 7.63. The summed E-state index contributed by atoms with van der Waals surface area (Å²) in [7, 11) is 1.71. The van der Waals surface area contributed by atoms with Gasteiger partial charge in [-0.25, -0.2) is 0 Å². The van der Waals surface area contributed by atoms with Crippen LogP contribution in [0.2, 0.25) is 0 Å². The zero-order valence-electron chi connectivity index (χ0n) is 22.8. The molecule has 4 aliphatic rings. The van der Waals surface area contributed by atoms with Crippen LogP contribution in [0, 0.1) is 11.3 Å². The molecule has 2 aromatic rings. The molecule has 6 rings (SSSR count). The number of benzene rings is 1. The fourth-order valence-electron chi connectivity index (χ4n) is 7.40. The molecule has 4 heterocycles. The monoisotopic (exact) mass is 558 g/mol. The van der Waals surface area contributed by atoms with Crippen molar-refractivity contribution in [3.8, 4) is 0 Å². The van der Waals surface area contributed by atoms with Crippen molar-refractivity contribution in [2.24, 2.45) is 11.3 Å². The number of amides is 1. The first-order valence-corrected chi connectivity index (χ1v) is 14.2. The number of nitrogens with zero attached hydrogens (tertiary/aromatic N) is 3. The molecule has 1 saturated carbocycles. The van der Waals surface area contributed by atoms with Gasteiger partial charge in [-0.1, -0.05) is 30.3 Å². The first kappa shape index (κ1) is 27.6. The number of aromatic nitrogens is 1. The first-order valence-electron chi connectivity index (χ1n) is 14.2. The minimum atomic E-state index is -4.46. The third-order valence-corrected chi connectivity index (χ3v) is 9.33. The number of halogens is 3. The highest BCUT2D eigenvalue weighted by Gasteiger charge is 2.58. The van der Waals surface area contributed by atoms with Gasteiger partial charge in [-0.2, -0.15) is 13.2 Å². The van der Waals surface area contributed by atoms with Crippen LogP contribution in [0.3, 0.4) is 0 Å². The molecule has 1 N–H and O–H groups in total. The third kappa shape index (κ3) is 5.38. The maximum Gasteiger partial charge on any atom is 0.417 e.